The van der Waals surface area contributed by atoms with Gasteiger partial charge in [0.15, 0.2) is 0 Å². The molecule has 1 unspecified atom stereocenters. The predicted molar refractivity (Wildman–Crippen MR) is 179 cm³/mol. The Kier molecular flexibility index (Phi) is 10.3. The molecule has 0 bridgehead atoms. The number of rotatable bonds is 11. The molecule has 44 heavy (non-hydrogen) atoms. The van der Waals surface area contributed by atoms with Crippen LogP contribution in [0.15, 0.2) is 71.6 Å². The van der Waals surface area contributed by atoms with E-state index in [0.717, 1.165) is 11.0 Å². The number of alkyl halides is 4. The summed E-state index contributed by atoms with van der Waals surface area (Å²) in [5.74, 6) is -0.454. The maximum atomic E-state index is 13.7. The van der Waals surface area contributed by atoms with Gasteiger partial charge < -0.3 is 20.1 Å². The van der Waals surface area contributed by atoms with E-state index in [9.17, 15) is 32.6 Å². The van der Waals surface area contributed by atoms with E-state index in [1.54, 1.807) is 44.5 Å². The number of nitrogens with zero attached hydrogens (tertiary/aromatic N) is 1. The highest BCUT2D eigenvalue weighted by molar-refractivity contribution is 8.03. The van der Waals surface area contributed by atoms with E-state index in [-0.39, 0.29) is 35.7 Å². The van der Waals surface area contributed by atoms with Crippen molar-refractivity contribution < 1.29 is 32.6 Å². The summed E-state index contributed by atoms with van der Waals surface area (Å²) < 4.78 is 55.8. The smallest absolute Gasteiger partial charge is 0.408 e. The zero-order chi connectivity index (χ0) is 32.4. The van der Waals surface area contributed by atoms with Gasteiger partial charge in [-0.25, -0.2) is 4.39 Å². The van der Waals surface area contributed by atoms with Gasteiger partial charge in [0, 0.05) is 43.9 Å². The van der Waals surface area contributed by atoms with E-state index in [4.69, 9.17) is 11.6 Å². The summed E-state index contributed by atoms with van der Waals surface area (Å²) in [4.78, 5) is 14.2. The number of carbonyl (C=O) groups excluding carboxylic acids is 1. The van der Waals surface area contributed by atoms with E-state index in [0.29, 0.717) is 22.2 Å². The first-order chi connectivity index (χ1) is 20.5. The van der Waals surface area contributed by atoms with Gasteiger partial charge in [0.25, 0.3) is 5.91 Å². The Balaban J connectivity index is 1.57. The van der Waals surface area contributed by atoms with Gasteiger partial charge in [0.1, 0.15) is 38.1 Å². The topological polar surface area (TPSA) is 74.5 Å². The highest BCUT2D eigenvalue weighted by Crippen LogP contribution is 2.36. The van der Waals surface area contributed by atoms with Crippen LogP contribution in [0.2, 0.25) is 5.02 Å². The highest BCUT2D eigenvalue weighted by atomic mass is 35.5. The van der Waals surface area contributed by atoms with E-state index < -0.39 is 40.3 Å². The summed E-state index contributed by atoms with van der Waals surface area (Å²) in [6, 6.07) is 16.7. The fourth-order valence-corrected chi connectivity index (χ4v) is 6.07. The number of hydrogen-bond donors (Lipinski definition) is 3. The number of fused-ring (bicyclic) bond motifs is 1. The second kappa shape index (κ2) is 13.3. The molecule has 0 saturated carbocycles. The molecule has 0 fully saturated rings. The van der Waals surface area contributed by atoms with E-state index >= 15 is 0 Å². The van der Waals surface area contributed by atoms with Crippen molar-refractivity contribution in [1.29, 1.82) is 0 Å². The van der Waals surface area contributed by atoms with Crippen LogP contribution < -0.4 is 5.32 Å². The molecule has 4 rings (SSSR count). The number of carbonyl (C=O) groups is 1. The summed E-state index contributed by atoms with van der Waals surface area (Å²) in [6.45, 7) is -1.14. The van der Waals surface area contributed by atoms with E-state index in [1.807, 2.05) is 40.0 Å². The van der Waals surface area contributed by atoms with Crippen molar-refractivity contribution in [2.75, 3.05) is 13.3 Å². The number of benzene rings is 3. The van der Waals surface area contributed by atoms with Gasteiger partial charge in [-0.2, -0.15) is 13.2 Å². The molecule has 0 saturated heterocycles. The van der Waals surface area contributed by atoms with Gasteiger partial charge in [-0.15, -0.1) is 11.8 Å². The Morgan fingerprint density at radius 1 is 1.00 bits per heavy atom. The van der Waals surface area contributed by atoms with Crippen LogP contribution in [0.4, 0.5) is 17.6 Å². The third kappa shape index (κ3) is 7.70. The lowest BCUT2D eigenvalue weighted by molar-refractivity contribution is -0.138. The van der Waals surface area contributed by atoms with Crippen LogP contribution in [0.5, 0.6) is 0 Å². The number of amides is 1. The van der Waals surface area contributed by atoms with Crippen molar-refractivity contribution in [2.24, 2.45) is 0 Å². The first-order valence-corrected chi connectivity index (χ1v) is 15.2. The van der Waals surface area contributed by atoms with Gasteiger partial charge in [-0.3, -0.25) is 4.79 Å². The maximum absolute atomic E-state index is 13.7. The van der Waals surface area contributed by atoms with Crippen LogP contribution in [0.1, 0.15) is 38.8 Å². The average Bonchev–Trinajstić information content (AvgIpc) is 3.28. The lowest BCUT2D eigenvalue weighted by atomic mass is 9.45. The molecule has 5 nitrogen and oxygen atoms in total. The first-order valence-electron chi connectivity index (χ1n) is 14.0. The molecule has 4 aromatic rings. The third-order valence-electron chi connectivity index (χ3n) is 7.92. The quantitative estimate of drug-likeness (QED) is 0.134. The predicted octanol–water partition coefficient (Wildman–Crippen LogP) is 2.26. The van der Waals surface area contributed by atoms with Crippen molar-refractivity contribution in [2.45, 2.75) is 40.0 Å². The van der Waals surface area contributed by atoms with Crippen LogP contribution in [0.25, 0.3) is 10.9 Å². The zero-order valence-corrected chi connectivity index (χ0v) is 26.4. The number of halogens is 5. The van der Waals surface area contributed by atoms with Crippen molar-refractivity contribution in [3.05, 3.63) is 99.7 Å². The molecule has 1 amide bonds. The molecular weight excluding hydrogens is 611 g/mol. The monoisotopic (exact) mass is 642 g/mol. The second-order valence-electron chi connectivity index (χ2n) is 11.7. The Labute approximate surface area is 266 Å². The first kappa shape index (κ1) is 34.1. The Hall–Kier alpha value is -2.79. The lowest BCUT2D eigenvalue weighted by Gasteiger charge is -2.37. The van der Waals surface area contributed by atoms with Crippen molar-refractivity contribution >= 4 is 71.6 Å². The fourth-order valence-electron chi connectivity index (χ4n) is 4.79. The van der Waals surface area contributed by atoms with E-state index in [1.165, 1.54) is 23.9 Å². The van der Waals surface area contributed by atoms with Gasteiger partial charge in [-0.1, -0.05) is 29.8 Å². The van der Waals surface area contributed by atoms with Gasteiger partial charge in [-0.05, 0) is 64.2 Å². The number of thioether (sulfide) groups is 1. The number of nitrogens with one attached hydrogen (secondary N) is 1. The van der Waals surface area contributed by atoms with Gasteiger partial charge in [0.05, 0.1) is 24.8 Å². The molecule has 0 spiro atoms. The summed E-state index contributed by atoms with van der Waals surface area (Å²) in [5, 5.41) is 23.0. The van der Waals surface area contributed by atoms with Gasteiger partial charge in [0.2, 0.25) is 0 Å². The lowest BCUT2D eigenvalue weighted by Crippen LogP contribution is -2.54. The van der Waals surface area contributed by atoms with Gasteiger partial charge >= 0.3 is 6.18 Å². The maximum Gasteiger partial charge on any atom is 0.416 e. The minimum Gasteiger partial charge on any atom is -0.408 e. The summed E-state index contributed by atoms with van der Waals surface area (Å²) in [5.41, 5.74) is 1.15. The molecule has 1 aromatic heterocycles. The minimum atomic E-state index is -4.61. The summed E-state index contributed by atoms with van der Waals surface area (Å²) in [6.07, 6.45) is -4.73. The fraction of sp³-hybridized carbons (Fsp3) is 0.276. The van der Waals surface area contributed by atoms with Crippen molar-refractivity contribution in [3.8, 4) is 0 Å². The number of aliphatic hydroxyl groups is 2. The molecule has 228 valence electrons. The van der Waals surface area contributed by atoms with Crippen molar-refractivity contribution in [3.63, 3.8) is 0 Å². The number of aryl methyl sites for hydroxylation is 1. The number of aromatic nitrogens is 1. The normalized spacial score (nSPS) is 13.2. The van der Waals surface area contributed by atoms with Crippen LogP contribution in [-0.2, 0) is 19.1 Å². The Morgan fingerprint density at radius 3 is 2.27 bits per heavy atom. The third-order valence-corrected chi connectivity index (χ3v) is 9.68. The summed E-state index contributed by atoms with van der Waals surface area (Å²) >= 11 is 7.35. The van der Waals surface area contributed by atoms with E-state index in [2.05, 4.69) is 5.32 Å². The van der Waals surface area contributed by atoms with Crippen LogP contribution in [0.3, 0.4) is 0 Å². The molecule has 0 aliphatic rings. The second-order valence-corrected chi connectivity index (χ2v) is 13.8. The SMILES string of the molecule is BC(B)(O)C(B)(B)Sc1ccc(C(CO)NC(=O)c2ccc3c(c2)cc(Cc2ccc(Cl)cc2C(F)(F)F)n3CCF)cc1. The minimum absolute atomic E-state index is 0.00150. The average molecular weight is 642 g/mol. The van der Waals surface area contributed by atoms with Crippen LogP contribution in [-0.4, -0.2) is 75.3 Å². The van der Waals surface area contributed by atoms with Crippen LogP contribution >= 0.6 is 23.4 Å². The molecule has 3 N–H and O–H groups in total. The molecule has 0 aliphatic heterocycles. The number of aliphatic hydroxyl groups excluding tert-OH is 1. The molecule has 0 aliphatic carbocycles. The van der Waals surface area contributed by atoms with Crippen LogP contribution in [0, 0.1) is 0 Å². The Bertz CT molecular complexity index is 1650. The zero-order valence-electron chi connectivity index (χ0n) is 24.8. The largest absolute Gasteiger partial charge is 0.416 e. The van der Waals surface area contributed by atoms with Crippen molar-refractivity contribution in [1.82, 2.24) is 9.88 Å². The Morgan fingerprint density at radius 2 is 1.68 bits per heavy atom. The summed E-state index contributed by atoms with van der Waals surface area (Å²) in [7, 11) is 7.41. The molecule has 0 radical (unpaired) electrons. The number of hydrogen-bond acceptors (Lipinski definition) is 4. The molecule has 1 heterocycles. The molecular formula is C29H31B4ClF4N2O3S. The highest BCUT2D eigenvalue weighted by Gasteiger charge is 2.35. The molecule has 1 atom stereocenters. The molecule has 15 heteroatoms. The standard InChI is InChI=1S/C29H31B4ClF4N2O3S/c30-28(31,43)29(32,33)44-22-6-2-16(3-7-22)24(15-41)39-26(42)18-4-8-25-19(11-18)13-21(40(25)10-9-35)12-17-1-5-20(34)14-23(17)27(36,37)38/h1-8,11,13-14,24,41,43H,9-10,12,15,30-33H2,(H,39,42). The molecule has 3 aromatic carbocycles.